The zero-order valence-corrected chi connectivity index (χ0v) is 14.3. The fourth-order valence-corrected chi connectivity index (χ4v) is 2.43. The lowest BCUT2D eigenvalue weighted by atomic mass is 10.2. The van der Waals surface area contributed by atoms with Gasteiger partial charge in [-0.1, -0.05) is 54.6 Å². The fourth-order valence-electron chi connectivity index (χ4n) is 2.43. The van der Waals surface area contributed by atoms with Gasteiger partial charge >= 0.3 is 6.18 Å². The summed E-state index contributed by atoms with van der Waals surface area (Å²) in [6.07, 6.45) is -2.99. The molecule has 0 aromatic heterocycles. The van der Waals surface area contributed by atoms with Crippen molar-refractivity contribution in [3.8, 4) is 5.75 Å². The summed E-state index contributed by atoms with van der Waals surface area (Å²) in [4.78, 5) is 0. The third-order valence-corrected chi connectivity index (χ3v) is 3.74. The van der Waals surface area contributed by atoms with Gasteiger partial charge in [-0.15, -0.1) is 0 Å². The van der Waals surface area contributed by atoms with E-state index in [1.54, 1.807) is 18.2 Å². The van der Waals surface area contributed by atoms with Crippen LogP contribution >= 0.6 is 0 Å². The summed E-state index contributed by atoms with van der Waals surface area (Å²) in [6, 6.07) is 22.1. The topological polar surface area (TPSA) is 33.6 Å². The van der Waals surface area contributed by atoms with Crippen LogP contribution in [0.15, 0.2) is 84.0 Å². The molecule has 0 unspecified atom stereocenters. The van der Waals surface area contributed by atoms with Gasteiger partial charge in [0.25, 0.3) is 0 Å². The van der Waals surface area contributed by atoms with E-state index in [-0.39, 0.29) is 5.69 Å². The van der Waals surface area contributed by atoms with E-state index in [1.165, 1.54) is 24.4 Å². The van der Waals surface area contributed by atoms with Gasteiger partial charge in [-0.3, -0.25) is 5.43 Å². The van der Waals surface area contributed by atoms with Gasteiger partial charge in [-0.05, 0) is 35.4 Å². The van der Waals surface area contributed by atoms with E-state index in [2.05, 4.69) is 10.5 Å². The Labute approximate surface area is 155 Å². The molecule has 3 rings (SSSR count). The molecule has 3 aromatic carbocycles. The average molecular weight is 370 g/mol. The van der Waals surface area contributed by atoms with Crippen LogP contribution in [0.25, 0.3) is 0 Å². The summed E-state index contributed by atoms with van der Waals surface area (Å²) in [5.74, 6) is 0.651. The van der Waals surface area contributed by atoms with E-state index in [1.807, 2.05) is 36.4 Å². The first-order valence-corrected chi connectivity index (χ1v) is 8.24. The molecule has 0 amide bonds. The number of anilines is 1. The molecule has 0 aliphatic carbocycles. The summed E-state index contributed by atoms with van der Waals surface area (Å²) < 4.78 is 44.6. The molecule has 0 saturated carbocycles. The Hall–Kier alpha value is -3.28. The van der Waals surface area contributed by atoms with Crippen molar-refractivity contribution in [2.24, 2.45) is 5.10 Å². The summed E-state index contributed by atoms with van der Waals surface area (Å²) in [5.41, 5.74) is 3.34. The van der Waals surface area contributed by atoms with Gasteiger partial charge in [0.2, 0.25) is 0 Å². The molecule has 27 heavy (non-hydrogen) atoms. The van der Waals surface area contributed by atoms with Crippen molar-refractivity contribution < 1.29 is 17.9 Å². The number of benzene rings is 3. The fraction of sp³-hybridized carbons (Fsp3) is 0.0952. The molecule has 3 aromatic rings. The maximum absolute atomic E-state index is 13.0. The molecule has 0 saturated heterocycles. The number of nitrogens with one attached hydrogen (secondary N) is 1. The highest BCUT2D eigenvalue weighted by atomic mass is 19.4. The quantitative estimate of drug-likeness (QED) is 0.444. The third-order valence-electron chi connectivity index (χ3n) is 3.74. The minimum Gasteiger partial charge on any atom is -0.489 e. The average Bonchev–Trinajstić information content (AvgIpc) is 2.67. The van der Waals surface area contributed by atoms with Crippen LogP contribution in [0.4, 0.5) is 18.9 Å². The smallest absolute Gasteiger partial charge is 0.418 e. The predicted octanol–water partition coefficient (Wildman–Crippen LogP) is 5.73. The van der Waals surface area contributed by atoms with E-state index in [4.69, 9.17) is 4.74 Å². The van der Waals surface area contributed by atoms with Gasteiger partial charge in [0.15, 0.2) is 0 Å². The van der Waals surface area contributed by atoms with E-state index in [9.17, 15) is 13.2 Å². The second-order valence-electron chi connectivity index (χ2n) is 5.76. The maximum Gasteiger partial charge on any atom is 0.418 e. The minimum absolute atomic E-state index is 0.0993. The van der Waals surface area contributed by atoms with Crippen molar-refractivity contribution in [3.05, 3.63) is 95.6 Å². The second-order valence-corrected chi connectivity index (χ2v) is 5.76. The van der Waals surface area contributed by atoms with Crippen LogP contribution in [-0.4, -0.2) is 6.21 Å². The molecule has 0 aliphatic heterocycles. The zero-order chi connectivity index (χ0) is 19.1. The van der Waals surface area contributed by atoms with Gasteiger partial charge in [-0.25, -0.2) is 0 Å². The molecule has 1 N–H and O–H groups in total. The molecule has 0 bridgehead atoms. The highest BCUT2D eigenvalue weighted by Crippen LogP contribution is 2.34. The molecular formula is C21H17F3N2O. The second kappa shape index (κ2) is 8.40. The Morgan fingerprint density at radius 2 is 1.63 bits per heavy atom. The minimum atomic E-state index is -4.44. The van der Waals surface area contributed by atoms with Crippen LogP contribution in [0.2, 0.25) is 0 Å². The largest absolute Gasteiger partial charge is 0.489 e. The van der Waals surface area contributed by atoms with Crippen molar-refractivity contribution in [3.63, 3.8) is 0 Å². The van der Waals surface area contributed by atoms with Crippen LogP contribution in [0, 0.1) is 0 Å². The summed E-state index contributed by atoms with van der Waals surface area (Å²) in [7, 11) is 0. The van der Waals surface area contributed by atoms with Crippen molar-refractivity contribution in [1.29, 1.82) is 0 Å². The number of rotatable bonds is 6. The third kappa shape index (κ3) is 5.34. The van der Waals surface area contributed by atoms with Crippen LogP contribution in [0.3, 0.4) is 0 Å². The number of halogens is 3. The van der Waals surface area contributed by atoms with E-state index < -0.39 is 11.7 Å². The lowest BCUT2D eigenvalue weighted by molar-refractivity contribution is -0.136. The number of alkyl halides is 3. The molecule has 0 spiro atoms. The first-order chi connectivity index (χ1) is 13.0. The van der Waals surface area contributed by atoms with Crippen LogP contribution in [-0.2, 0) is 12.8 Å². The Morgan fingerprint density at radius 3 is 2.41 bits per heavy atom. The van der Waals surface area contributed by atoms with Crippen molar-refractivity contribution in [1.82, 2.24) is 0 Å². The molecule has 6 heteroatoms. The SMILES string of the molecule is FC(F)(F)c1ccccc1N/N=C\c1cccc(OCc2ccccc2)c1. The van der Waals surface area contributed by atoms with Crippen molar-refractivity contribution in [2.45, 2.75) is 12.8 Å². The summed E-state index contributed by atoms with van der Waals surface area (Å²) in [6.45, 7) is 0.429. The maximum atomic E-state index is 13.0. The zero-order valence-electron chi connectivity index (χ0n) is 14.3. The first kappa shape index (κ1) is 18.5. The number of hydrogen-bond acceptors (Lipinski definition) is 3. The Morgan fingerprint density at radius 1 is 0.889 bits per heavy atom. The number of nitrogens with zero attached hydrogens (tertiary/aromatic N) is 1. The van der Waals surface area contributed by atoms with E-state index >= 15 is 0 Å². The van der Waals surface area contributed by atoms with Gasteiger partial charge in [0.1, 0.15) is 12.4 Å². The van der Waals surface area contributed by atoms with Crippen LogP contribution in [0.5, 0.6) is 5.75 Å². The monoisotopic (exact) mass is 370 g/mol. The van der Waals surface area contributed by atoms with Gasteiger partial charge in [0, 0.05) is 0 Å². The number of para-hydroxylation sites is 1. The first-order valence-electron chi connectivity index (χ1n) is 8.24. The summed E-state index contributed by atoms with van der Waals surface area (Å²) >= 11 is 0. The Balaban J connectivity index is 1.65. The molecular weight excluding hydrogens is 353 g/mol. The molecule has 0 heterocycles. The highest BCUT2D eigenvalue weighted by molar-refractivity contribution is 5.81. The number of ether oxygens (including phenoxy) is 1. The van der Waals surface area contributed by atoms with Gasteiger partial charge < -0.3 is 4.74 Å². The van der Waals surface area contributed by atoms with Crippen LogP contribution in [0.1, 0.15) is 16.7 Å². The lowest BCUT2D eigenvalue weighted by Gasteiger charge is -2.11. The van der Waals surface area contributed by atoms with Crippen molar-refractivity contribution in [2.75, 3.05) is 5.43 Å². The number of hydrogen-bond donors (Lipinski definition) is 1. The number of hydrazone groups is 1. The molecule has 0 atom stereocenters. The Kier molecular flexibility index (Phi) is 5.76. The molecule has 3 nitrogen and oxygen atoms in total. The van der Waals surface area contributed by atoms with Gasteiger partial charge in [-0.2, -0.15) is 18.3 Å². The lowest BCUT2D eigenvalue weighted by Crippen LogP contribution is -2.08. The Bertz CT molecular complexity index is 909. The standard InChI is InChI=1S/C21H17F3N2O/c22-21(23,24)19-11-4-5-12-20(19)26-25-14-17-9-6-10-18(13-17)27-15-16-7-2-1-3-8-16/h1-14,26H,15H2/b25-14-. The van der Waals surface area contributed by atoms with Gasteiger partial charge in [0.05, 0.1) is 17.5 Å². The van der Waals surface area contributed by atoms with E-state index in [0.717, 1.165) is 11.6 Å². The van der Waals surface area contributed by atoms with E-state index in [0.29, 0.717) is 17.9 Å². The van der Waals surface area contributed by atoms with Crippen LogP contribution < -0.4 is 10.2 Å². The molecule has 138 valence electrons. The van der Waals surface area contributed by atoms with Crippen molar-refractivity contribution >= 4 is 11.9 Å². The normalized spacial score (nSPS) is 11.5. The predicted molar refractivity (Wildman–Crippen MR) is 99.9 cm³/mol. The highest BCUT2D eigenvalue weighted by Gasteiger charge is 2.33. The molecule has 0 fully saturated rings. The summed E-state index contributed by atoms with van der Waals surface area (Å²) in [5, 5.41) is 3.91. The molecule has 0 radical (unpaired) electrons. The molecule has 0 aliphatic rings.